The number of aliphatic hydroxyl groups excluding tert-OH is 1. The fourth-order valence-corrected chi connectivity index (χ4v) is 4.45. The van der Waals surface area contributed by atoms with Gasteiger partial charge in [-0.2, -0.15) is 5.26 Å². The molecular formula is C30H28N2O4. The van der Waals surface area contributed by atoms with Crippen molar-refractivity contribution in [1.29, 1.82) is 5.26 Å². The molecule has 1 heterocycles. The molecule has 1 amide bonds. The maximum absolute atomic E-state index is 13.4. The number of nitrogens with zero attached hydrogens (tertiary/aromatic N) is 2. The fourth-order valence-electron chi connectivity index (χ4n) is 4.45. The number of benzene rings is 3. The molecule has 1 fully saturated rings. The molecule has 0 aliphatic carbocycles. The largest absolute Gasteiger partial charge is 0.507 e. The molecule has 1 aliphatic rings. The Bertz CT molecular complexity index is 1410. The van der Waals surface area contributed by atoms with E-state index in [4.69, 9.17) is 4.74 Å². The van der Waals surface area contributed by atoms with Crippen LogP contribution in [-0.4, -0.2) is 23.9 Å². The van der Waals surface area contributed by atoms with Crippen LogP contribution >= 0.6 is 0 Å². The lowest BCUT2D eigenvalue weighted by atomic mass is 9.85. The molecule has 3 aromatic carbocycles. The Kier molecular flexibility index (Phi) is 6.43. The van der Waals surface area contributed by atoms with Crippen molar-refractivity contribution in [3.05, 3.63) is 100 Å². The first kappa shape index (κ1) is 24.7. The van der Waals surface area contributed by atoms with Gasteiger partial charge in [0.2, 0.25) is 0 Å². The Morgan fingerprint density at radius 1 is 1.00 bits per heavy atom. The van der Waals surface area contributed by atoms with Crippen molar-refractivity contribution < 1.29 is 19.4 Å². The fraction of sp³-hybridized carbons (Fsp3) is 0.233. The number of aliphatic hydroxyl groups is 1. The molecule has 3 aromatic rings. The van der Waals surface area contributed by atoms with Gasteiger partial charge in [-0.25, -0.2) is 0 Å². The number of aryl methyl sites for hydroxylation is 1. The number of ether oxygens (including phenoxy) is 1. The lowest BCUT2D eigenvalue weighted by molar-refractivity contribution is -0.132. The number of methoxy groups -OCH3 is 1. The summed E-state index contributed by atoms with van der Waals surface area (Å²) in [5.74, 6) is -1.12. The summed E-state index contributed by atoms with van der Waals surface area (Å²) in [5, 5.41) is 20.6. The number of Topliss-reactive ketones (excluding diaryl/α,β-unsaturated/α-hetero) is 1. The molecule has 1 atom stereocenters. The molecule has 1 N–H and O–H groups in total. The molecule has 0 bridgehead atoms. The van der Waals surface area contributed by atoms with E-state index < -0.39 is 17.7 Å². The first-order valence-corrected chi connectivity index (χ1v) is 11.6. The van der Waals surface area contributed by atoms with E-state index in [1.165, 1.54) is 4.90 Å². The van der Waals surface area contributed by atoms with Gasteiger partial charge in [0.15, 0.2) is 0 Å². The van der Waals surface area contributed by atoms with Crippen molar-refractivity contribution in [3.8, 4) is 11.8 Å². The van der Waals surface area contributed by atoms with Gasteiger partial charge in [-0.15, -0.1) is 0 Å². The lowest BCUT2D eigenvalue weighted by Gasteiger charge is -2.26. The third-order valence-electron chi connectivity index (χ3n) is 6.50. The minimum atomic E-state index is -0.839. The van der Waals surface area contributed by atoms with Crippen LogP contribution in [0, 0.1) is 18.3 Å². The number of carbonyl (C=O) groups is 2. The van der Waals surface area contributed by atoms with Crippen molar-refractivity contribution in [2.75, 3.05) is 12.0 Å². The van der Waals surface area contributed by atoms with Crippen LogP contribution in [0.3, 0.4) is 0 Å². The van der Waals surface area contributed by atoms with Crippen LogP contribution in [0.2, 0.25) is 0 Å². The molecule has 6 nitrogen and oxygen atoms in total. The number of rotatable bonds is 4. The van der Waals surface area contributed by atoms with E-state index in [1.54, 1.807) is 56.5 Å². The highest BCUT2D eigenvalue weighted by molar-refractivity contribution is 6.51. The van der Waals surface area contributed by atoms with Crippen LogP contribution in [-0.2, 0) is 15.0 Å². The molecule has 1 saturated heterocycles. The Balaban J connectivity index is 1.93. The molecule has 0 saturated carbocycles. The number of amides is 1. The smallest absolute Gasteiger partial charge is 0.300 e. The maximum atomic E-state index is 13.4. The van der Waals surface area contributed by atoms with E-state index in [0.717, 1.165) is 5.56 Å². The average molecular weight is 481 g/mol. The first-order chi connectivity index (χ1) is 17.1. The van der Waals surface area contributed by atoms with Gasteiger partial charge in [0.1, 0.15) is 11.5 Å². The molecule has 6 heteroatoms. The minimum absolute atomic E-state index is 0.0149. The predicted octanol–water partition coefficient (Wildman–Crippen LogP) is 5.80. The summed E-state index contributed by atoms with van der Waals surface area (Å²) in [6.07, 6.45) is 0. The summed E-state index contributed by atoms with van der Waals surface area (Å²) in [6.45, 7) is 8.13. The van der Waals surface area contributed by atoms with Crippen LogP contribution in [0.4, 0.5) is 5.69 Å². The number of hydrogen-bond donors (Lipinski definition) is 1. The van der Waals surface area contributed by atoms with Gasteiger partial charge in [0.25, 0.3) is 11.7 Å². The summed E-state index contributed by atoms with van der Waals surface area (Å²) in [6, 6.07) is 20.6. The summed E-state index contributed by atoms with van der Waals surface area (Å²) in [5.41, 5.74) is 3.80. The van der Waals surface area contributed by atoms with Crippen molar-refractivity contribution in [1.82, 2.24) is 0 Å². The van der Waals surface area contributed by atoms with E-state index >= 15 is 0 Å². The van der Waals surface area contributed by atoms with Gasteiger partial charge in [0, 0.05) is 11.3 Å². The third kappa shape index (κ3) is 4.36. The molecule has 0 spiro atoms. The topological polar surface area (TPSA) is 90.6 Å². The molecule has 36 heavy (non-hydrogen) atoms. The highest BCUT2D eigenvalue weighted by Gasteiger charge is 2.47. The zero-order valence-electron chi connectivity index (χ0n) is 21.0. The number of ketones is 1. The Labute approximate surface area is 211 Å². The highest BCUT2D eigenvalue weighted by atomic mass is 16.5. The quantitative estimate of drug-likeness (QED) is 0.290. The van der Waals surface area contributed by atoms with E-state index in [2.05, 4.69) is 26.8 Å². The zero-order valence-corrected chi connectivity index (χ0v) is 21.0. The van der Waals surface area contributed by atoms with Gasteiger partial charge in [-0.3, -0.25) is 14.5 Å². The van der Waals surface area contributed by atoms with Crippen LogP contribution in [0.1, 0.15) is 54.6 Å². The van der Waals surface area contributed by atoms with E-state index in [-0.39, 0.29) is 16.7 Å². The molecule has 0 radical (unpaired) electrons. The van der Waals surface area contributed by atoms with E-state index in [1.807, 2.05) is 24.3 Å². The molecule has 1 unspecified atom stereocenters. The Morgan fingerprint density at radius 2 is 1.64 bits per heavy atom. The van der Waals surface area contributed by atoms with Crippen LogP contribution in [0.5, 0.6) is 5.75 Å². The number of anilines is 1. The summed E-state index contributed by atoms with van der Waals surface area (Å²) >= 11 is 0. The number of carbonyl (C=O) groups excluding carboxylic acids is 2. The molecule has 1 aliphatic heterocycles. The summed E-state index contributed by atoms with van der Waals surface area (Å²) in [7, 11) is 1.55. The van der Waals surface area contributed by atoms with E-state index in [9.17, 15) is 20.0 Å². The van der Waals surface area contributed by atoms with Gasteiger partial charge >= 0.3 is 0 Å². The van der Waals surface area contributed by atoms with Crippen molar-refractivity contribution in [3.63, 3.8) is 0 Å². The monoisotopic (exact) mass is 480 g/mol. The highest BCUT2D eigenvalue weighted by Crippen LogP contribution is 2.43. The van der Waals surface area contributed by atoms with Gasteiger partial charge in [-0.1, -0.05) is 45.0 Å². The summed E-state index contributed by atoms with van der Waals surface area (Å²) in [4.78, 5) is 28.1. The van der Waals surface area contributed by atoms with Crippen LogP contribution in [0.15, 0.2) is 72.3 Å². The number of nitriles is 1. The zero-order chi connectivity index (χ0) is 26.2. The van der Waals surface area contributed by atoms with Crippen molar-refractivity contribution in [2.45, 2.75) is 39.2 Å². The standard InChI is InChI=1S/C30H28N2O4/c1-18-16-23(36-5)14-15-24(18)27(33)25-26(20-8-10-21(11-9-20)30(2,3)4)32(29(35)28(25)34)22-12-6-19(17-31)7-13-22/h6-16,26,33H,1-5H3/b27-25-. The molecule has 0 aromatic heterocycles. The molecular weight excluding hydrogens is 452 g/mol. The van der Waals surface area contributed by atoms with Gasteiger partial charge in [0.05, 0.1) is 30.4 Å². The maximum Gasteiger partial charge on any atom is 0.300 e. The lowest BCUT2D eigenvalue weighted by Crippen LogP contribution is -2.29. The molecule has 4 rings (SSSR count). The average Bonchev–Trinajstić information content (AvgIpc) is 3.13. The SMILES string of the molecule is COc1ccc(/C(O)=C2/C(=O)C(=O)N(c3ccc(C#N)cc3)C2c2ccc(C(C)(C)C)cc2)c(C)c1. The second-order valence-corrected chi connectivity index (χ2v) is 9.88. The van der Waals surface area contributed by atoms with Crippen LogP contribution in [0.25, 0.3) is 5.76 Å². The predicted molar refractivity (Wildman–Crippen MR) is 139 cm³/mol. The van der Waals surface area contributed by atoms with Crippen molar-refractivity contribution in [2.24, 2.45) is 0 Å². The Morgan fingerprint density at radius 3 is 2.17 bits per heavy atom. The normalized spacial score (nSPS) is 17.2. The number of hydrogen-bond acceptors (Lipinski definition) is 5. The first-order valence-electron chi connectivity index (χ1n) is 11.6. The van der Waals surface area contributed by atoms with Crippen LogP contribution < -0.4 is 9.64 Å². The third-order valence-corrected chi connectivity index (χ3v) is 6.50. The second kappa shape index (κ2) is 9.35. The second-order valence-electron chi connectivity index (χ2n) is 9.88. The minimum Gasteiger partial charge on any atom is -0.507 e. The van der Waals surface area contributed by atoms with Crippen molar-refractivity contribution >= 4 is 23.1 Å². The van der Waals surface area contributed by atoms with Gasteiger partial charge < -0.3 is 9.84 Å². The molecule has 182 valence electrons. The summed E-state index contributed by atoms with van der Waals surface area (Å²) < 4.78 is 5.27. The Hall–Kier alpha value is -4.37. The van der Waals surface area contributed by atoms with E-state index in [0.29, 0.717) is 33.7 Å². The van der Waals surface area contributed by atoms with Gasteiger partial charge in [-0.05, 0) is 71.5 Å².